The van der Waals surface area contributed by atoms with Crippen LogP contribution in [0.2, 0.25) is 0 Å². The molecule has 2 rings (SSSR count). The van der Waals surface area contributed by atoms with Gasteiger partial charge in [0.05, 0.1) is 0 Å². The molecule has 0 N–H and O–H groups in total. The van der Waals surface area contributed by atoms with Gasteiger partial charge in [0.15, 0.2) is 11.6 Å². The standard InChI is InChI=1S/C15H16O2/c1-9-6-5-7-10-12(16)8-11(15(2,3)4)14(17)13(9)10/h5-8H,1-4H3. The van der Waals surface area contributed by atoms with Crippen molar-refractivity contribution in [1.82, 2.24) is 0 Å². The summed E-state index contributed by atoms with van der Waals surface area (Å²) in [5.41, 5.74) is 2.28. The first-order valence-corrected chi connectivity index (χ1v) is 5.73. The van der Waals surface area contributed by atoms with E-state index in [0.29, 0.717) is 16.7 Å². The molecule has 0 saturated heterocycles. The van der Waals surface area contributed by atoms with Crippen molar-refractivity contribution < 1.29 is 9.59 Å². The second kappa shape index (κ2) is 3.66. The zero-order chi connectivity index (χ0) is 12.8. The lowest BCUT2D eigenvalue weighted by Gasteiger charge is -2.26. The van der Waals surface area contributed by atoms with E-state index >= 15 is 0 Å². The highest BCUT2D eigenvalue weighted by Gasteiger charge is 2.32. The fourth-order valence-corrected chi connectivity index (χ4v) is 2.14. The Bertz CT molecular complexity index is 543. The highest BCUT2D eigenvalue weighted by Crippen LogP contribution is 2.34. The maximum absolute atomic E-state index is 12.4. The van der Waals surface area contributed by atoms with E-state index < -0.39 is 0 Å². The van der Waals surface area contributed by atoms with Crippen molar-refractivity contribution in [1.29, 1.82) is 0 Å². The molecule has 0 spiro atoms. The van der Waals surface area contributed by atoms with Crippen LogP contribution in [-0.2, 0) is 0 Å². The van der Waals surface area contributed by atoms with Crippen LogP contribution in [0.3, 0.4) is 0 Å². The molecule has 2 heteroatoms. The van der Waals surface area contributed by atoms with Gasteiger partial charge in [-0.1, -0.05) is 39.0 Å². The molecule has 0 amide bonds. The minimum Gasteiger partial charge on any atom is -0.289 e. The van der Waals surface area contributed by atoms with Crippen molar-refractivity contribution in [3.05, 3.63) is 46.5 Å². The lowest BCUT2D eigenvalue weighted by molar-refractivity contribution is 0.0966. The van der Waals surface area contributed by atoms with Crippen LogP contribution in [0.5, 0.6) is 0 Å². The molecule has 0 radical (unpaired) electrons. The number of benzene rings is 1. The molecule has 2 nitrogen and oxygen atoms in total. The maximum Gasteiger partial charge on any atom is 0.190 e. The van der Waals surface area contributed by atoms with Crippen molar-refractivity contribution in [2.24, 2.45) is 5.41 Å². The highest BCUT2D eigenvalue weighted by molar-refractivity contribution is 6.25. The van der Waals surface area contributed by atoms with Gasteiger partial charge in [-0.25, -0.2) is 0 Å². The Kier molecular flexibility index (Phi) is 2.53. The van der Waals surface area contributed by atoms with Gasteiger partial charge >= 0.3 is 0 Å². The molecule has 0 bridgehead atoms. The molecule has 1 aliphatic rings. The summed E-state index contributed by atoms with van der Waals surface area (Å²) < 4.78 is 0. The van der Waals surface area contributed by atoms with Gasteiger partial charge in [-0.15, -0.1) is 0 Å². The second-order valence-corrected chi connectivity index (χ2v) is 5.50. The topological polar surface area (TPSA) is 34.1 Å². The van der Waals surface area contributed by atoms with Crippen LogP contribution < -0.4 is 0 Å². The lowest BCUT2D eigenvalue weighted by atomic mass is 9.76. The summed E-state index contributed by atoms with van der Waals surface area (Å²) in [6.07, 6.45) is 1.49. The fourth-order valence-electron chi connectivity index (χ4n) is 2.14. The lowest BCUT2D eigenvalue weighted by Crippen LogP contribution is -2.26. The number of fused-ring (bicyclic) bond motifs is 1. The predicted molar refractivity (Wildman–Crippen MR) is 67.4 cm³/mol. The van der Waals surface area contributed by atoms with Crippen LogP contribution in [-0.4, -0.2) is 11.6 Å². The number of Topliss-reactive ketones (excluding diaryl/α,β-unsaturated/α-hetero) is 1. The monoisotopic (exact) mass is 228 g/mol. The largest absolute Gasteiger partial charge is 0.289 e. The number of ketones is 2. The smallest absolute Gasteiger partial charge is 0.190 e. The number of allylic oxidation sites excluding steroid dienone is 2. The number of hydrogen-bond acceptors (Lipinski definition) is 2. The number of carbonyl (C=O) groups excluding carboxylic acids is 2. The number of hydrogen-bond donors (Lipinski definition) is 0. The summed E-state index contributed by atoms with van der Waals surface area (Å²) in [4.78, 5) is 24.4. The van der Waals surface area contributed by atoms with Gasteiger partial charge in [0.2, 0.25) is 0 Å². The van der Waals surface area contributed by atoms with Gasteiger partial charge in [0, 0.05) is 16.7 Å². The normalized spacial score (nSPS) is 15.6. The van der Waals surface area contributed by atoms with E-state index in [1.54, 1.807) is 6.07 Å². The summed E-state index contributed by atoms with van der Waals surface area (Å²) in [6.45, 7) is 7.73. The molecule has 0 unspecified atom stereocenters. The van der Waals surface area contributed by atoms with Gasteiger partial charge in [0.1, 0.15) is 0 Å². The van der Waals surface area contributed by atoms with E-state index in [0.717, 1.165) is 5.56 Å². The molecule has 88 valence electrons. The Morgan fingerprint density at radius 2 is 1.71 bits per heavy atom. The molecule has 17 heavy (non-hydrogen) atoms. The molecule has 0 aliphatic heterocycles. The Hall–Kier alpha value is -1.70. The fraction of sp³-hybridized carbons (Fsp3) is 0.333. The average Bonchev–Trinajstić information content (AvgIpc) is 2.21. The molecule has 0 atom stereocenters. The molecular weight excluding hydrogens is 212 g/mol. The van der Waals surface area contributed by atoms with Crippen LogP contribution in [0.15, 0.2) is 29.8 Å². The Balaban J connectivity index is 2.67. The third-order valence-corrected chi connectivity index (χ3v) is 3.09. The molecule has 0 saturated carbocycles. The number of aryl methyl sites for hydroxylation is 1. The maximum atomic E-state index is 12.4. The minimum absolute atomic E-state index is 0.00907. The van der Waals surface area contributed by atoms with E-state index in [1.165, 1.54) is 6.08 Å². The zero-order valence-electron chi connectivity index (χ0n) is 10.6. The number of rotatable bonds is 0. The molecular formula is C15H16O2. The molecule has 1 aromatic carbocycles. The molecule has 1 aromatic rings. The van der Waals surface area contributed by atoms with Crippen molar-refractivity contribution in [3.8, 4) is 0 Å². The van der Waals surface area contributed by atoms with E-state index in [1.807, 2.05) is 39.8 Å². The summed E-state index contributed by atoms with van der Waals surface area (Å²) in [5, 5.41) is 0. The second-order valence-electron chi connectivity index (χ2n) is 5.50. The first-order chi connectivity index (χ1) is 7.82. The SMILES string of the molecule is Cc1cccc2c1C(=O)C(C(C)(C)C)=CC2=O. The zero-order valence-corrected chi connectivity index (χ0v) is 10.6. The summed E-state index contributed by atoms with van der Waals surface area (Å²) in [6, 6.07) is 5.41. The van der Waals surface area contributed by atoms with E-state index in [4.69, 9.17) is 0 Å². The molecule has 1 aliphatic carbocycles. The molecule has 0 aromatic heterocycles. The van der Waals surface area contributed by atoms with Crippen molar-refractivity contribution in [2.75, 3.05) is 0 Å². The van der Waals surface area contributed by atoms with Crippen LogP contribution >= 0.6 is 0 Å². The average molecular weight is 228 g/mol. The van der Waals surface area contributed by atoms with Crippen molar-refractivity contribution >= 4 is 11.6 Å². The first-order valence-electron chi connectivity index (χ1n) is 5.73. The van der Waals surface area contributed by atoms with Crippen LogP contribution in [0.25, 0.3) is 0 Å². The quantitative estimate of drug-likeness (QED) is 0.682. The Labute approximate surface area is 101 Å². The minimum atomic E-state index is -0.299. The van der Waals surface area contributed by atoms with E-state index in [-0.39, 0.29) is 17.0 Å². The van der Waals surface area contributed by atoms with Crippen molar-refractivity contribution in [2.45, 2.75) is 27.7 Å². The van der Waals surface area contributed by atoms with E-state index in [2.05, 4.69) is 0 Å². The molecule has 0 fully saturated rings. The van der Waals surface area contributed by atoms with Crippen LogP contribution in [0, 0.1) is 12.3 Å². The van der Waals surface area contributed by atoms with Gasteiger partial charge < -0.3 is 0 Å². The van der Waals surface area contributed by atoms with Gasteiger partial charge in [-0.2, -0.15) is 0 Å². The van der Waals surface area contributed by atoms with Crippen LogP contribution in [0.1, 0.15) is 47.1 Å². The van der Waals surface area contributed by atoms with Crippen LogP contribution in [0.4, 0.5) is 0 Å². The molecule has 0 heterocycles. The summed E-state index contributed by atoms with van der Waals surface area (Å²) in [7, 11) is 0. The van der Waals surface area contributed by atoms with E-state index in [9.17, 15) is 9.59 Å². The highest BCUT2D eigenvalue weighted by atomic mass is 16.1. The van der Waals surface area contributed by atoms with Gasteiger partial charge in [-0.3, -0.25) is 9.59 Å². The predicted octanol–water partition coefficient (Wildman–Crippen LogP) is 3.35. The third-order valence-electron chi connectivity index (χ3n) is 3.09. The van der Waals surface area contributed by atoms with Crippen molar-refractivity contribution in [3.63, 3.8) is 0 Å². The van der Waals surface area contributed by atoms with Gasteiger partial charge in [0.25, 0.3) is 0 Å². The first kappa shape index (κ1) is 11.8. The summed E-state index contributed by atoms with van der Waals surface area (Å²) in [5.74, 6) is -0.0709. The Morgan fingerprint density at radius 3 is 2.29 bits per heavy atom. The Morgan fingerprint density at radius 1 is 1.06 bits per heavy atom. The van der Waals surface area contributed by atoms with Gasteiger partial charge in [-0.05, 0) is 24.0 Å². The third kappa shape index (κ3) is 1.84. The number of carbonyl (C=O) groups is 2. The summed E-state index contributed by atoms with van der Waals surface area (Å²) >= 11 is 0.